The molecule has 0 saturated carbocycles. The Hall–Kier alpha value is -2.01. The molecule has 0 aliphatic rings. The second-order valence-electron chi connectivity index (χ2n) is 3.34. The molecule has 2 aromatic heterocycles. The van der Waals surface area contributed by atoms with Gasteiger partial charge in [0.2, 0.25) is 5.91 Å². The fraction of sp³-hybridized carbons (Fsp3) is 0.0833. The first-order chi connectivity index (χ1) is 8.24. The number of carbonyl (C=O) groups excluding carboxylic acids is 1. The zero-order chi connectivity index (χ0) is 12.1. The van der Waals surface area contributed by atoms with Gasteiger partial charge in [-0.2, -0.15) is 0 Å². The van der Waals surface area contributed by atoms with Crippen LogP contribution in [0.15, 0.2) is 30.6 Å². The Kier molecular flexibility index (Phi) is 3.62. The van der Waals surface area contributed by atoms with Crippen molar-refractivity contribution >= 4 is 34.5 Å². The lowest BCUT2D eigenvalue weighted by molar-refractivity contribution is -0.114. The van der Waals surface area contributed by atoms with Gasteiger partial charge in [0.15, 0.2) is 5.13 Å². The molecule has 17 heavy (non-hydrogen) atoms. The Morgan fingerprint density at radius 2 is 2.24 bits per heavy atom. The number of amides is 1. The molecule has 86 valence electrons. The summed E-state index contributed by atoms with van der Waals surface area (Å²) >= 11 is 1.42. The summed E-state index contributed by atoms with van der Waals surface area (Å²) in [7, 11) is 0. The van der Waals surface area contributed by atoms with Crippen molar-refractivity contribution in [3.63, 3.8) is 0 Å². The predicted molar refractivity (Wildman–Crippen MR) is 69.6 cm³/mol. The van der Waals surface area contributed by atoms with Crippen molar-refractivity contribution in [2.45, 2.75) is 6.92 Å². The van der Waals surface area contributed by atoms with Crippen LogP contribution in [0, 0.1) is 0 Å². The fourth-order valence-electron chi connectivity index (χ4n) is 1.21. The third-order valence-electron chi connectivity index (χ3n) is 1.91. The van der Waals surface area contributed by atoms with E-state index in [9.17, 15) is 4.79 Å². The van der Waals surface area contributed by atoms with Gasteiger partial charge < -0.3 is 5.32 Å². The van der Waals surface area contributed by atoms with Crippen molar-refractivity contribution in [3.8, 4) is 0 Å². The Balaban J connectivity index is 2.06. The lowest BCUT2D eigenvalue weighted by atomic mass is 10.3. The Bertz CT molecular complexity index is 534. The zero-order valence-electron chi connectivity index (χ0n) is 9.25. The normalized spacial score (nSPS) is 10.6. The van der Waals surface area contributed by atoms with Crippen molar-refractivity contribution in [2.75, 3.05) is 5.32 Å². The third-order valence-corrected chi connectivity index (χ3v) is 2.79. The van der Waals surface area contributed by atoms with Gasteiger partial charge in [0.25, 0.3) is 0 Å². The van der Waals surface area contributed by atoms with E-state index in [2.05, 4.69) is 15.3 Å². The molecule has 5 heteroatoms. The number of anilines is 1. The maximum absolute atomic E-state index is 10.8. The van der Waals surface area contributed by atoms with E-state index in [4.69, 9.17) is 0 Å². The van der Waals surface area contributed by atoms with Crippen LogP contribution in [-0.4, -0.2) is 15.9 Å². The van der Waals surface area contributed by atoms with Gasteiger partial charge in [-0.1, -0.05) is 17.4 Å². The molecule has 0 fully saturated rings. The van der Waals surface area contributed by atoms with E-state index in [0.717, 1.165) is 10.6 Å². The molecule has 0 aliphatic heterocycles. The highest BCUT2D eigenvalue weighted by molar-refractivity contribution is 7.16. The summed E-state index contributed by atoms with van der Waals surface area (Å²) in [5.41, 5.74) is 0.891. The van der Waals surface area contributed by atoms with E-state index in [1.165, 1.54) is 18.3 Å². The van der Waals surface area contributed by atoms with Gasteiger partial charge >= 0.3 is 0 Å². The maximum Gasteiger partial charge on any atom is 0.223 e. The van der Waals surface area contributed by atoms with E-state index >= 15 is 0 Å². The summed E-state index contributed by atoms with van der Waals surface area (Å²) in [6.07, 6.45) is 7.29. The van der Waals surface area contributed by atoms with Crippen LogP contribution in [-0.2, 0) is 4.79 Å². The third kappa shape index (κ3) is 3.49. The number of hydrogen-bond acceptors (Lipinski definition) is 4. The molecule has 1 N–H and O–H groups in total. The number of aromatic nitrogens is 2. The minimum atomic E-state index is -0.111. The molecule has 0 radical (unpaired) electrons. The summed E-state index contributed by atoms with van der Waals surface area (Å²) in [6.45, 7) is 1.46. The number of nitrogens with one attached hydrogen (secondary N) is 1. The highest BCUT2D eigenvalue weighted by Crippen LogP contribution is 2.19. The molecule has 0 bridgehead atoms. The predicted octanol–water partition coefficient (Wildman–Crippen LogP) is 2.67. The number of hydrogen-bond donors (Lipinski definition) is 1. The Morgan fingerprint density at radius 1 is 1.35 bits per heavy atom. The topological polar surface area (TPSA) is 54.9 Å². The van der Waals surface area contributed by atoms with Gasteiger partial charge in [0.05, 0.1) is 5.69 Å². The first-order valence-electron chi connectivity index (χ1n) is 5.06. The van der Waals surface area contributed by atoms with Crippen molar-refractivity contribution in [1.82, 2.24) is 9.97 Å². The van der Waals surface area contributed by atoms with E-state index in [-0.39, 0.29) is 5.91 Å². The Labute approximate surface area is 103 Å². The first kappa shape index (κ1) is 11.5. The molecule has 0 unspecified atom stereocenters. The van der Waals surface area contributed by atoms with Crippen molar-refractivity contribution in [1.29, 1.82) is 0 Å². The standard InChI is InChI=1S/C12H11N3OS/c1-9(16)15-12-14-8-11(17-12)6-5-10-4-2-3-7-13-10/h2-8H,1H3,(H,14,15,16)/b6-5-. The molecule has 0 spiro atoms. The number of pyridine rings is 1. The number of rotatable bonds is 3. The van der Waals surface area contributed by atoms with Crippen LogP contribution < -0.4 is 5.32 Å². The molecular weight excluding hydrogens is 234 g/mol. The van der Waals surface area contributed by atoms with E-state index < -0.39 is 0 Å². The molecule has 0 aromatic carbocycles. The van der Waals surface area contributed by atoms with Gasteiger partial charge in [0, 0.05) is 24.2 Å². The zero-order valence-corrected chi connectivity index (χ0v) is 10.1. The van der Waals surface area contributed by atoms with Crippen LogP contribution in [0.5, 0.6) is 0 Å². The largest absolute Gasteiger partial charge is 0.302 e. The van der Waals surface area contributed by atoms with Crippen LogP contribution in [0.25, 0.3) is 12.2 Å². The summed E-state index contributed by atoms with van der Waals surface area (Å²) in [5, 5.41) is 3.25. The van der Waals surface area contributed by atoms with E-state index in [1.807, 2.05) is 30.4 Å². The fourth-order valence-corrected chi connectivity index (χ4v) is 1.98. The van der Waals surface area contributed by atoms with E-state index in [1.54, 1.807) is 12.4 Å². The molecular formula is C12H11N3OS. The monoisotopic (exact) mass is 245 g/mol. The van der Waals surface area contributed by atoms with Crippen molar-refractivity contribution < 1.29 is 4.79 Å². The van der Waals surface area contributed by atoms with Gasteiger partial charge in [-0.05, 0) is 24.3 Å². The highest BCUT2D eigenvalue weighted by atomic mass is 32.1. The molecule has 2 heterocycles. The first-order valence-corrected chi connectivity index (χ1v) is 5.88. The molecule has 4 nitrogen and oxygen atoms in total. The second kappa shape index (κ2) is 5.36. The van der Waals surface area contributed by atoms with Gasteiger partial charge in [0.1, 0.15) is 0 Å². The molecule has 0 aliphatic carbocycles. The summed E-state index contributed by atoms with van der Waals surface area (Å²) < 4.78 is 0. The molecule has 0 atom stereocenters. The number of thiazole rings is 1. The van der Waals surface area contributed by atoms with Crippen molar-refractivity contribution in [3.05, 3.63) is 41.2 Å². The SMILES string of the molecule is CC(=O)Nc1ncc(/C=C\c2ccccn2)s1. The van der Waals surface area contributed by atoms with Gasteiger partial charge in [-0.15, -0.1) is 0 Å². The maximum atomic E-state index is 10.8. The van der Waals surface area contributed by atoms with Crippen LogP contribution in [0.1, 0.15) is 17.5 Å². The van der Waals surface area contributed by atoms with Crippen LogP contribution in [0.4, 0.5) is 5.13 Å². The summed E-state index contributed by atoms with van der Waals surface area (Å²) in [5.74, 6) is -0.111. The van der Waals surface area contributed by atoms with Crippen LogP contribution in [0.3, 0.4) is 0 Å². The molecule has 0 saturated heterocycles. The highest BCUT2D eigenvalue weighted by Gasteiger charge is 2.00. The lowest BCUT2D eigenvalue weighted by Crippen LogP contribution is -2.04. The van der Waals surface area contributed by atoms with Crippen LogP contribution >= 0.6 is 11.3 Å². The molecule has 1 amide bonds. The quantitative estimate of drug-likeness (QED) is 0.904. The lowest BCUT2D eigenvalue weighted by Gasteiger charge is -1.92. The van der Waals surface area contributed by atoms with Gasteiger partial charge in [-0.3, -0.25) is 9.78 Å². The molecule has 2 aromatic rings. The average Bonchev–Trinajstić information content (AvgIpc) is 2.75. The smallest absolute Gasteiger partial charge is 0.223 e. The average molecular weight is 245 g/mol. The summed E-state index contributed by atoms with van der Waals surface area (Å²) in [6, 6.07) is 5.73. The Morgan fingerprint density at radius 3 is 2.94 bits per heavy atom. The second-order valence-corrected chi connectivity index (χ2v) is 4.40. The van der Waals surface area contributed by atoms with E-state index in [0.29, 0.717) is 5.13 Å². The molecule has 2 rings (SSSR count). The minimum Gasteiger partial charge on any atom is -0.302 e. The van der Waals surface area contributed by atoms with Gasteiger partial charge in [-0.25, -0.2) is 4.98 Å². The summed E-state index contributed by atoms with van der Waals surface area (Å²) in [4.78, 5) is 20.1. The van der Waals surface area contributed by atoms with Crippen molar-refractivity contribution in [2.24, 2.45) is 0 Å². The number of nitrogens with zero attached hydrogens (tertiary/aromatic N) is 2. The van der Waals surface area contributed by atoms with Crippen LogP contribution in [0.2, 0.25) is 0 Å². The number of carbonyl (C=O) groups is 1. The minimum absolute atomic E-state index is 0.111.